The van der Waals surface area contributed by atoms with Gasteiger partial charge in [0.25, 0.3) is 0 Å². The highest BCUT2D eigenvalue weighted by molar-refractivity contribution is 7.91. The van der Waals surface area contributed by atoms with Crippen LogP contribution in [0.4, 0.5) is 0 Å². The fourth-order valence-electron chi connectivity index (χ4n) is 4.75. The van der Waals surface area contributed by atoms with Crippen LogP contribution in [0.2, 0.25) is 0 Å². The van der Waals surface area contributed by atoms with E-state index in [4.69, 9.17) is 4.99 Å². The SMILES string of the molecule is Cc1ccc(CN=C(NCC2CCS(=O)(=O)C2)NC2CC3CCC2C3)s1. The first-order valence-corrected chi connectivity index (χ1v) is 12.4. The zero-order valence-electron chi connectivity index (χ0n) is 15.4. The van der Waals surface area contributed by atoms with Crippen LogP contribution in [-0.4, -0.2) is 38.5 Å². The van der Waals surface area contributed by atoms with Gasteiger partial charge in [0.05, 0.1) is 18.1 Å². The minimum absolute atomic E-state index is 0.205. The van der Waals surface area contributed by atoms with Gasteiger partial charge in [-0.3, -0.25) is 0 Å². The van der Waals surface area contributed by atoms with Crippen molar-refractivity contribution in [3.63, 3.8) is 0 Å². The van der Waals surface area contributed by atoms with Crippen LogP contribution in [0.15, 0.2) is 17.1 Å². The van der Waals surface area contributed by atoms with Crippen molar-refractivity contribution in [2.45, 2.75) is 51.6 Å². The van der Waals surface area contributed by atoms with Gasteiger partial charge in [0.1, 0.15) is 0 Å². The summed E-state index contributed by atoms with van der Waals surface area (Å²) in [6.07, 6.45) is 6.09. The van der Waals surface area contributed by atoms with Crippen LogP contribution < -0.4 is 10.6 Å². The molecule has 2 saturated carbocycles. The molecule has 3 aliphatic rings. The lowest BCUT2D eigenvalue weighted by Gasteiger charge is -2.25. The molecule has 4 unspecified atom stereocenters. The first kappa shape index (κ1) is 18.3. The number of aryl methyl sites for hydroxylation is 1. The summed E-state index contributed by atoms with van der Waals surface area (Å²) in [6.45, 7) is 3.48. The molecule has 144 valence electrons. The van der Waals surface area contributed by atoms with Gasteiger partial charge in [-0.05, 0) is 62.5 Å². The second kappa shape index (κ2) is 7.50. The quantitative estimate of drug-likeness (QED) is 0.594. The summed E-state index contributed by atoms with van der Waals surface area (Å²) in [7, 11) is -2.82. The number of sulfone groups is 1. The van der Waals surface area contributed by atoms with Crippen LogP contribution in [-0.2, 0) is 16.4 Å². The largest absolute Gasteiger partial charge is 0.356 e. The third-order valence-corrected chi connectivity index (χ3v) is 8.96. The lowest BCUT2D eigenvalue weighted by molar-refractivity contribution is 0.386. The van der Waals surface area contributed by atoms with Crippen LogP contribution in [0.25, 0.3) is 0 Å². The molecular formula is C19H29N3O2S2. The van der Waals surface area contributed by atoms with Gasteiger partial charge in [0, 0.05) is 22.3 Å². The van der Waals surface area contributed by atoms with Crippen molar-refractivity contribution in [1.82, 2.24) is 10.6 Å². The van der Waals surface area contributed by atoms with Crippen molar-refractivity contribution in [2.24, 2.45) is 22.7 Å². The van der Waals surface area contributed by atoms with E-state index in [1.54, 1.807) is 11.3 Å². The minimum atomic E-state index is -2.82. The molecule has 26 heavy (non-hydrogen) atoms. The number of nitrogens with one attached hydrogen (secondary N) is 2. The summed E-state index contributed by atoms with van der Waals surface area (Å²) < 4.78 is 23.4. The van der Waals surface area contributed by atoms with Crippen molar-refractivity contribution in [2.75, 3.05) is 18.1 Å². The first-order chi connectivity index (χ1) is 12.5. The predicted octanol–water partition coefficient (Wildman–Crippen LogP) is 2.72. The van der Waals surface area contributed by atoms with Gasteiger partial charge in [0.2, 0.25) is 0 Å². The molecule has 1 aromatic rings. The molecule has 1 aromatic heterocycles. The van der Waals surface area contributed by atoms with E-state index in [-0.39, 0.29) is 5.92 Å². The Bertz CT molecular complexity index is 772. The highest BCUT2D eigenvalue weighted by Crippen LogP contribution is 2.44. The third kappa shape index (κ3) is 4.42. The molecule has 7 heteroatoms. The number of aliphatic imine (C=N–C) groups is 1. The first-order valence-electron chi connectivity index (χ1n) is 9.77. The molecule has 1 saturated heterocycles. The van der Waals surface area contributed by atoms with Gasteiger partial charge in [-0.25, -0.2) is 13.4 Å². The smallest absolute Gasteiger partial charge is 0.191 e. The fourth-order valence-corrected chi connectivity index (χ4v) is 7.43. The summed E-state index contributed by atoms with van der Waals surface area (Å²) >= 11 is 1.79. The summed E-state index contributed by atoms with van der Waals surface area (Å²) in [5.41, 5.74) is 0. The zero-order chi connectivity index (χ0) is 18.1. The highest BCUT2D eigenvalue weighted by Gasteiger charge is 2.40. The normalized spacial score (nSPS) is 32.9. The summed E-state index contributed by atoms with van der Waals surface area (Å²) in [5.74, 6) is 3.38. The molecule has 0 radical (unpaired) electrons. The molecule has 3 fully saturated rings. The molecule has 5 nitrogen and oxygen atoms in total. The van der Waals surface area contributed by atoms with E-state index in [2.05, 4.69) is 29.7 Å². The maximum absolute atomic E-state index is 11.7. The van der Waals surface area contributed by atoms with E-state index >= 15 is 0 Å². The van der Waals surface area contributed by atoms with E-state index < -0.39 is 9.84 Å². The molecule has 4 rings (SSSR count). The molecule has 0 amide bonds. The van der Waals surface area contributed by atoms with Gasteiger partial charge in [0.15, 0.2) is 15.8 Å². The molecule has 4 atom stereocenters. The molecule has 2 N–H and O–H groups in total. The minimum Gasteiger partial charge on any atom is -0.356 e. The Morgan fingerprint density at radius 3 is 2.77 bits per heavy atom. The summed E-state index contributed by atoms with van der Waals surface area (Å²) in [6, 6.07) is 4.80. The van der Waals surface area contributed by atoms with Gasteiger partial charge < -0.3 is 10.6 Å². The molecule has 2 heterocycles. The van der Waals surface area contributed by atoms with Crippen LogP contribution >= 0.6 is 11.3 Å². The van der Waals surface area contributed by atoms with Gasteiger partial charge >= 0.3 is 0 Å². The number of nitrogens with zero attached hydrogens (tertiary/aromatic N) is 1. The Kier molecular flexibility index (Phi) is 5.28. The Balaban J connectivity index is 1.38. The van der Waals surface area contributed by atoms with Gasteiger partial charge in [-0.2, -0.15) is 0 Å². The third-order valence-electron chi connectivity index (χ3n) is 6.13. The highest BCUT2D eigenvalue weighted by atomic mass is 32.2. The maximum atomic E-state index is 11.7. The summed E-state index contributed by atoms with van der Waals surface area (Å²) in [5, 5.41) is 7.11. The fraction of sp³-hybridized carbons (Fsp3) is 0.737. The molecule has 0 spiro atoms. The Morgan fingerprint density at radius 2 is 2.15 bits per heavy atom. The topological polar surface area (TPSA) is 70.6 Å². The zero-order valence-corrected chi connectivity index (χ0v) is 17.0. The van der Waals surface area contributed by atoms with E-state index in [1.165, 1.54) is 35.4 Å². The number of hydrogen-bond acceptors (Lipinski definition) is 4. The van der Waals surface area contributed by atoms with Crippen molar-refractivity contribution in [1.29, 1.82) is 0 Å². The van der Waals surface area contributed by atoms with Crippen molar-refractivity contribution in [3.05, 3.63) is 21.9 Å². The number of thiophene rings is 1. The number of rotatable bonds is 5. The Hall–Kier alpha value is -1.08. The van der Waals surface area contributed by atoms with Crippen LogP contribution in [0.5, 0.6) is 0 Å². The number of fused-ring (bicyclic) bond motifs is 2. The van der Waals surface area contributed by atoms with Crippen LogP contribution in [0.3, 0.4) is 0 Å². The molecule has 0 aromatic carbocycles. The molecular weight excluding hydrogens is 366 g/mol. The number of hydrogen-bond donors (Lipinski definition) is 2. The lowest BCUT2D eigenvalue weighted by atomic mass is 9.95. The Labute approximate surface area is 160 Å². The van der Waals surface area contributed by atoms with Crippen molar-refractivity contribution >= 4 is 27.1 Å². The Morgan fingerprint density at radius 1 is 1.27 bits per heavy atom. The second-order valence-electron chi connectivity index (χ2n) is 8.25. The van der Waals surface area contributed by atoms with E-state index in [0.29, 0.717) is 30.6 Å². The van der Waals surface area contributed by atoms with E-state index in [1.807, 2.05) is 0 Å². The van der Waals surface area contributed by atoms with Crippen molar-refractivity contribution < 1.29 is 8.42 Å². The molecule has 1 aliphatic heterocycles. The average molecular weight is 396 g/mol. The predicted molar refractivity (Wildman–Crippen MR) is 107 cm³/mol. The lowest BCUT2D eigenvalue weighted by Crippen LogP contribution is -2.47. The van der Waals surface area contributed by atoms with Gasteiger partial charge in [-0.1, -0.05) is 6.42 Å². The maximum Gasteiger partial charge on any atom is 0.191 e. The van der Waals surface area contributed by atoms with Crippen LogP contribution in [0.1, 0.15) is 41.9 Å². The van der Waals surface area contributed by atoms with Crippen molar-refractivity contribution in [3.8, 4) is 0 Å². The second-order valence-corrected chi connectivity index (χ2v) is 11.9. The average Bonchev–Trinajstić information content (AvgIpc) is 3.35. The monoisotopic (exact) mass is 395 g/mol. The van der Waals surface area contributed by atoms with Crippen LogP contribution in [0, 0.1) is 24.7 Å². The van der Waals surface area contributed by atoms with Gasteiger partial charge in [-0.15, -0.1) is 11.3 Å². The number of guanidine groups is 1. The molecule has 2 aliphatic carbocycles. The van der Waals surface area contributed by atoms with E-state index in [0.717, 1.165) is 24.2 Å². The standard InChI is InChI=1S/C19H29N3O2S2/c1-13-2-5-17(25-13)11-21-19(20-10-15-6-7-26(23,24)12-15)22-18-9-14-3-4-16(18)8-14/h2,5,14-16,18H,3-4,6-12H2,1H3,(H2,20,21,22). The summed E-state index contributed by atoms with van der Waals surface area (Å²) in [4.78, 5) is 7.38. The van der Waals surface area contributed by atoms with E-state index in [9.17, 15) is 8.42 Å². The molecule has 2 bridgehead atoms.